The highest BCUT2D eigenvalue weighted by molar-refractivity contribution is 5.83. The molecule has 0 amide bonds. The molecule has 4 heteroatoms. The lowest BCUT2D eigenvalue weighted by atomic mass is 10.3. The van der Waals surface area contributed by atoms with Crippen molar-refractivity contribution in [3.8, 4) is 5.75 Å². The first-order valence-electron chi connectivity index (χ1n) is 4.79. The van der Waals surface area contributed by atoms with Gasteiger partial charge in [0.25, 0.3) is 0 Å². The van der Waals surface area contributed by atoms with Crippen LogP contribution in [0.2, 0.25) is 0 Å². The van der Waals surface area contributed by atoms with Crippen LogP contribution in [0.15, 0.2) is 24.3 Å². The number of ether oxygens (including phenoxy) is 2. The van der Waals surface area contributed by atoms with Crippen LogP contribution in [0.4, 0.5) is 5.69 Å². The number of nitrogens with two attached hydrogens (primary N) is 1. The number of anilines is 1. The molecule has 0 aromatic heterocycles. The van der Waals surface area contributed by atoms with Crippen LogP contribution in [0.1, 0.15) is 12.8 Å². The minimum Gasteiger partial charge on any atom is -0.476 e. The number of hydrogen-bond acceptors (Lipinski definition) is 4. The van der Waals surface area contributed by atoms with Crippen LogP contribution in [-0.4, -0.2) is 18.7 Å². The van der Waals surface area contributed by atoms with Gasteiger partial charge in [0.05, 0.1) is 7.11 Å². The molecule has 1 aliphatic carbocycles. The van der Waals surface area contributed by atoms with E-state index in [0.29, 0.717) is 24.3 Å². The molecule has 0 saturated heterocycles. The molecule has 1 aliphatic rings. The van der Waals surface area contributed by atoms with E-state index in [1.807, 2.05) is 0 Å². The van der Waals surface area contributed by atoms with E-state index < -0.39 is 5.60 Å². The van der Waals surface area contributed by atoms with E-state index >= 15 is 0 Å². The molecule has 1 aromatic carbocycles. The third kappa shape index (κ3) is 1.88. The molecule has 0 spiro atoms. The molecular weight excluding hydrogens is 194 g/mol. The van der Waals surface area contributed by atoms with Gasteiger partial charge in [0.2, 0.25) is 5.60 Å². The number of hydrogen-bond donors (Lipinski definition) is 1. The van der Waals surface area contributed by atoms with E-state index in [1.54, 1.807) is 24.3 Å². The van der Waals surface area contributed by atoms with Crippen molar-refractivity contribution in [3.05, 3.63) is 24.3 Å². The standard InChI is InChI=1S/C11H13NO3/c1-14-10(13)11(6-7-11)15-9-4-2-8(12)3-5-9/h2-5H,6-7,12H2,1H3. The van der Waals surface area contributed by atoms with Crippen molar-refractivity contribution in [2.24, 2.45) is 0 Å². The molecule has 1 saturated carbocycles. The topological polar surface area (TPSA) is 61.5 Å². The van der Waals surface area contributed by atoms with Crippen molar-refractivity contribution >= 4 is 11.7 Å². The third-order valence-electron chi connectivity index (χ3n) is 2.45. The van der Waals surface area contributed by atoms with Gasteiger partial charge < -0.3 is 15.2 Å². The number of benzene rings is 1. The Morgan fingerprint density at radius 1 is 1.33 bits per heavy atom. The molecule has 0 radical (unpaired) electrons. The zero-order valence-corrected chi connectivity index (χ0v) is 8.53. The van der Waals surface area contributed by atoms with Gasteiger partial charge in [-0.2, -0.15) is 0 Å². The second kappa shape index (κ2) is 3.46. The first kappa shape index (κ1) is 9.83. The highest BCUT2D eigenvalue weighted by Gasteiger charge is 2.54. The van der Waals surface area contributed by atoms with Crippen LogP contribution >= 0.6 is 0 Å². The van der Waals surface area contributed by atoms with Crippen LogP contribution in [0.5, 0.6) is 5.75 Å². The second-order valence-electron chi connectivity index (χ2n) is 3.66. The Hall–Kier alpha value is -1.71. The van der Waals surface area contributed by atoms with E-state index in [2.05, 4.69) is 4.74 Å². The molecule has 0 unspecified atom stereocenters. The van der Waals surface area contributed by atoms with Crippen LogP contribution < -0.4 is 10.5 Å². The van der Waals surface area contributed by atoms with Crippen molar-refractivity contribution in [2.75, 3.05) is 12.8 Å². The van der Waals surface area contributed by atoms with Crippen molar-refractivity contribution < 1.29 is 14.3 Å². The number of rotatable bonds is 3. The van der Waals surface area contributed by atoms with Gasteiger partial charge in [-0.25, -0.2) is 4.79 Å². The molecule has 0 aliphatic heterocycles. The summed E-state index contributed by atoms with van der Waals surface area (Å²) >= 11 is 0. The first-order chi connectivity index (χ1) is 7.16. The van der Waals surface area contributed by atoms with Gasteiger partial charge in [-0.3, -0.25) is 0 Å². The van der Waals surface area contributed by atoms with Crippen molar-refractivity contribution in [3.63, 3.8) is 0 Å². The predicted octanol–water partition coefficient (Wildman–Crippen LogP) is 1.35. The number of methoxy groups -OCH3 is 1. The quantitative estimate of drug-likeness (QED) is 0.600. The predicted molar refractivity (Wildman–Crippen MR) is 55.5 cm³/mol. The summed E-state index contributed by atoms with van der Waals surface area (Å²) in [4.78, 5) is 11.4. The Bertz CT molecular complexity index is 368. The molecule has 1 fully saturated rings. The van der Waals surface area contributed by atoms with Crippen molar-refractivity contribution in [1.82, 2.24) is 0 Å². The Labute approximate surface area is 88.0 Å². The van der Waals surface area contributed by atoms with E-state index in [1.165, 1.54) is 7.11 Å². The number of carbonyl (C=O) groups excluding carboxylic acids is 1. The molecule has 1 aromatic rings. The fraction of sp³-hybridized carbons (Fsp3) is 0.364. The zero-order chi connectivity index (χ0) is 10.9. The molecule has 2 N–H and O–H groups in total. The number of carbonyl (C=O) groups is 1. The summed E-state index contributed by atoms with van der Waals surface area (Å²) < 4.78 is 10.3. The van der Waals surface area contributed by atoms with Crippen molar-refractivity contribution in [1.29, 1.82) is 0 Å². The smallest absolute Gasteiger partial charge is 0.350 e. The van der Waals surface area contributed by atoms with E-state index in [4.69, 9.17) is 10.5 Å². The summed E-state index contributed by atoms with van der Waals surface area (Å²) in [5.74, 6) is 0.339. The summed E-state index contributed by atoms with van der Waals surface area (Å²) in [6.07, 6.45) is 1.42. The van der Waals surface area contributed by atoms with Crippen LogP contribution in [-0.2, 0) is 9.53 Å². The average molecular weight is 207 g/mol. The molecule has 80 valence electrons. The van der Waals surface area contributed by atoms with Gasteiger partial charge in [-0.15, -0.1) is 0 Å². The summed E-state index contributed by atoms with van der Waals surface area (Å²) in [5.41, 5.74) is 5.47. The summed E-state index contributed by atoms with van der Waals surface area (Å²) in [6, 6.07) is 6.97. The fourth-order valence-corrected chi connectivity index (χ4v) is 1.41. The van der Waals surface area contributed by atoms with Gasteiger partial charge >= 0.3 is 5.97 Å². The van der Waals surface area contributed by atoms with Gasteiger partial charge in [0, 0.05) is 18.5 Å². The van der Waals surface area contributed by atoms with Crippen LogP contribution in [0.3, 0.4) is 0 Å². The maximum Gasteiger partial charge on any atom is 0.350 e. The Morgan fingerprint density at radius 3 is 2.40 bits per heavy atom. The third-order valence-corrected chi connectivity index (χ3v) is 2.45. The molecule has 0 atom stereocenters. The number of nitrogen functional groups attached to an aromatic ring is 1. The molecular formula is C11H13NO3. The number of esters is 1. The van der Waals surface area contributed by atoms with E-state index in [-0.39, 0.29) is 5.97 Å². The molecule has 2 rings (SSSR count). The van der Waals surface area contributed by atoms with Crippen LogP contribution in [0, 0.1) is 0 Å². The fourth-order valence-electron chi connectivity index (χ4n) is 1.41. The lowest BCUT2D eigenvalue weighted by Crippen LogP contribution is -2.30. The summed E-state index contributed by atoms with van der Waals surface area (Å²) in [5, 5.41) is 0. The molecule has 0 bridgehead atoms. The minimum absolute atomic E-state index is 0.306. The maximum absolute atomic E-state index is 11.4. The zero-order valence-electron chi connectivity index (χ0n) is 8.53. The van der Waals surface area contributed by atoms with Gasteiger partial charge in [0.1, 0.15) is 5.75 Å². The van der Waals surface area contributed by atoms with Gasteiger partial charge in [-0.05, 0) is 24.3 Å². The lowest BCUT2D eigenvalue weighted by Gasteiger charge is -2.15. The van der Waals surface area contributed by atoms with Crippen molar-refractivity contribution in [2.45, 2.75) is 18.4 Å². The first-order valence-corrected chi connectivity index (χ1v) is 4.79. The Morgan fingerprint density at radius 2 is 1.93 bits per heavy atom. The molecule has 4 nitrogen and oxygen atoms in total. The molecule has 15 heavy (non-hydrogen) atoms. The normalized spacial score (nSPS) is 16.9. The maximum atomic E-state index is 11.4. The highest BCUT2D eigenvalue weighted by Crippen LogP contribution is 2.41. The second-order valence-corrected chi connectivity index (χ2v) is 3.66. The summed E-state index contributed by atoms with van der Waals surface area (Å²) in [6.45, 7) is 0. The largest absolute Gasteiger partial charge is 0.476 e. The lowest BCUT2D eigenvalue weighted by molar-refractivity contribution is -0.151. The highest BCUT2D eigenvalue weighted by atomic mass is 16.6. The Kier molecular flexibility index (Phi) is 2.26. The summed E-state index contributed by atoms with van der Waals surface area (Å²) in [7, 11) is 1.37. The average Bonchev–Trinajstić information content (AvgIpc) is 3.01. The van der Waals surface area contributed by atoms with Gasteiger partial charge in [0.15, 0.2) is 0 Å². The minimum atomic E-state index is -0.745. The van der Waals surface area contributed by atoms with E-state index in [0.717, 1.165) is 0 Å². The monoisotopic (exact) mass is 207 g/mol. The molecule has 0 heterocycles. The van der Waals surface area contributed by atoms with Crippen LogP contribution in [0.25, 0.3) is 0 Å². The Balaban J connectivity index is 2.09. The van der Waals surface area contributed by atoms with Gasteiger partial charge in [-0.1, -0.05) is 0 Å². The SMILES string of the molecule is COC(=O)C1(Oc2ccc(N)cc2)CC1. The van der Waals surface area contributed by atoms with E-state index in [9.17, 15) is 4.79 Å².